The Bertz CT molecular complexity index is 1620. The third kappa shape index (κ3) is 5.71. The lowest BCUT2D eigenvalue weighted by atomic mass is 9.87. The van der Waals surface area contributed by atoms with Gasteiger partial charge in [0, 0.05) is 61.8 Å². The topological polar surface area (TPSA) is 41.4 Å². The fourth-order valence-electron chi connectivity index (χ4n) is 7.79. The zero-order valence-corrected chi connectivity index (χ0v) is 25.5. The van der Waals surface area contributed by atoms with Crippen LogP contribution < -0.4 is 0 Å². The van der Waals surface area contributed by atoms with Crippen molar-refractivity contribution in [1.29, 1.82) is 0 Å². The molecule has 2 fully saturated rings. The maximum atomic E-state index is 13.9. The van der Waals surface area contributed by atoms with Crippen LogP contribution in [0.25, 0.3) is 5.57 Å². The molecule has 2 unspecified atom stereocenters. The summed E-state index contributed by atoms with van der Waals surface area (Å²) in [5.41, 5.74) is 10.1. The van der Waals surface area contributed by atoms with Crippen LogP contribution >= 0.6 is 0 Å². The molecule has 0 saturated carbocycles. The molecule has 5 heteroatoms. The molecule has 2 atom stereocenters. The number of hydrogen-bond donors (Lipinski definition) is 0. The van der Waals surface area contributed by atoms with Crippen molar-refractivity contribution < 1.29 is 4.79 Å². The number of aryl methyl sites for hydroxylation is 4. The van der Waals surface area contributed by atoms with Crippen molar-refractivity contribution in [1.82, 2.24) is 19.4 Å². The highest BCUT2D eigenvalue weighted by molar-refractivity contribution is 5.95. The van der Waals surface area contributed by atoms with E-state index in [4.69, 9.17) is 4.98 Å². The van der Waals surface area contributed by atoms with Crippen LogP contribution in [-0.2, 0) is 19.4 Å². The fraction of sp³-hybridized carbons (Fsp3) is 0.368. The highest BCUT2D eigenvalue weighted by Crippen LogP contribution is 2.37. The molecule has 7 rings (SSSR count). The standard InChI is InChI=1S/C38H42N4O/c1-27-22-28(2)24-32(23-27)38(43)42-20-15-33(26-34(42)25-29-8-4-3-5-9-29)40-17-13-31(14-18-40)36-35-11-7-6-10-30(35)12-19-41-21-16-39-37(36)41/h3-11,16,21-24,33-34H,12-15,17-20,25-26H2,1-2H3. The summed E-state index contributed by atoms with van der Waals surface area (Å²) in [4.78, 5) is 23.7. The maximum Gasteiger partial charge on any atom is 0.254 e. The van der Waals surface area contributed by atoms with E-state index in [0.29, 0.717) is 6.04 Å². The molecule has 0 bridgehead atoms. The number of likely N-dealkylation sites (tertiary alicyclic amines) is 2. The summed E-state index contributed by atoms with van der Waals surface area (Å²) in [6.07, 6.45) is 10.2. The molecule has 3 aliphatic rings. The van der Waals surface area contributed by atoms with Crippen molar-refractivity contribution in [2.24, 2.45) is 0 Å². The Morgan fingerprint density at radius 3 is 2.40 bits per heavy atom. The smallest absolute Gasteiger partial charge is 0.254 e. The highest BCUT2D eigenvalue weighted by Gasteiger charge is 2.36. The first-order valence-electron chi connectivity index (χ1n) is 16.0. The van der Waals surface area contributed by atoms with Crippen LogP contribution in [0.5, 0.6) is 0 Å². The van der Waals surface area contributed by atoms with E-state index in [1.807, 2.05) is 6.20 Å². The number of hydrogen-bond acceptors (Lipinski definition) is 3. The van der Waals surface area contributed by atoms with Crippen LogP contribution in [0.3, 0.4) is 0 Å². The van der Waals surface area contributed by atoms with Gasteiger partial charge in [0.25, 0.3) is 5.91 Å². The lowest BCUT2D eigenvalue weighted by Gasteiger charge is -2.45. The van der Waals surface area contributed by atoms with Crippen LogP contribution in [-0.4, -0.2) is 57.0 Å². The molecule has 0 N–H and O–H groups in total. The molecule has 3 aliphatic heterocycles. The molecule has 5 nitrogen and oxygen atoms in total. The number of fused-ring (bicyclic) bond motifs is 2. The molecule has 4 aromatic rings. The molecule has 3 aromatic carbocycles. The van der Waals surface area contributed by atoms with Crippen molar-refractivity contribution in [2.75, 3.05) is 19.6 Å². The molecule has 1 aromatic heterocycles. The average molecular weight is 571 g/mol. The van der Waals surface area contributed by atoms with E-state index in [-0.39, 0.29) is 11.9 Å². The Balaban J connectivity index is 1.12. The third-order valence-corrected chi connectivity index (χ3v) is 9.85. The van der Waals surface area contributed by atoms with Crippen LogP contribution in [0.15, 0.2) is 90.8 Å². The van der Waals surface area contributed by atoms with Gasteiger partial charge in [0.15, 0.2) is 0 Å². The van der Waals surface area contributed by atoms with Gasteiger partial charge in [0.1, 0.15) is 5.82 Å². The normalized spacial score (nSPS) is 20.8. The number of aromatic nitrogens is 2. The van der Waals surface area contributed by atoms with Crippen LogP contribution in [0, 0.1) is 13.8 Å². The number of carbonyl (C=O) groups excluding carboxylic acids is 1. The minimum absolute atomic E-state index is 0.180. The summed E-state index contributed by atoms with van der Waals surface area (Å²) in [5, 5.41) is 0. The van der Waals surface area contributed by atoms with Gasteiger partial charge in [-0.25, -0.2) is 4.98 Å². The van der Waals surface area contributed by atoms with Gasteiger partial charge in [-0.05, 0) is 81.2 Å². The number of amides is 1. The highest BCUT2D eigenvalue weighted by atomic mass is 16.2. The molecule has 0 radical (unpaired) electrons. The molecular formula is C38H42N4O. The molecule has 220 valence electrons. The van der Waals surface area contributed by atoms with Gasteiger partial charge >= 0.3 is 0 Å². The summed E-state index contributed by atoms with van der Waals surface area (Å²) in [7, 11) is 0. The number of rotatable bonds is 4. The maximum absolute atomic E-state index is 13.9. The van der Waals surface area contributed by atoms with Gasteiger partial charge in [-0.15, -0.1) is 0 Å². The second-order valence-electron chi connectivity index (χ2n) is 12.8. The Morgan fingerprint density at radius 2 is 1.60 bits per heavy atom. The van der Waals surface area contributed by atoms with Crippen molar-refractivity contribution in [3.8, 4) is 0 Å². The van der Waals surface area contributed by atoms with Crippen LogP contribution in [0.4, 0.5) is 0 Å². The van der Waals surface area contributed by atoms with Crippen molar-refractivity contribution >= 4 is 11.5 Å². The number of nitrogens with zero attached hydrogens (tertiary/aromatic N) is 4. The van der Waals surface area contributed by atoms with Gasteiger partial charge in [-0.2, -0.15) is 0 Å². The molecule has 0 aliphatic carbocycles. The molecule has 1 amide bonds. The Labute approximate surface area is 255 Å². The Kier molecular flexibility index (Phi) is 7.75. The largest absolute Gasteiger partial charge is 0.335 e. The number of carbonyl (C=O) groups is 1. The van der Waals surface area contributed by atoms with Crippen molar-refractivity contribution in [2.45, 2.75) is 71.0 Å². The molecule has 2 saturated heterocycles. The van der Waals surface area contributed by atoms with E-state index >= 15 is 0 Å². The minimum atomic E-state index is 0.180. The first kappa shape index (κ1) is 27.8. The molecular weight excluding hydrogens is 528 g/mol. The summed E-state index contributed by atoms with van der Waals surface area (Å²) in [5.74, 6) is 1.31. The molecule has 43 heavy (non-hydrogen) atoms. The predicted molar refractivity (Wildman–Crippen MR) is 173 cm³/mol. The number of piperidine rings is 2. The average Bonchev–Trinajstić information content (AvgIpc) is 3.42. The lowest BCUT2D eigenvalue weighted by molar-refractivity contribution is 0.0419. The first-order chi connectivity index (χ1) is 21.0. The van der Waals surface area contributed by atoms with E-state index in [2.05, 4.69) is 107 Å². The third-order valence-electron chi connectivity index (χ3n) is 9.85. The van der Waals surface area contributed by atoms with Gasteiger partial charge in [-0.3, -0.25) is 9.69 Å². The summed E-state index contributed by atoms with van der Waals surface area (Å²) in [6.45, 7) is 8.09. The fourth-order valence-corrected chi connectivity index (χ4v) is 7.79. The van der Waals surface area contributed by atoms with Gasteiger partial charge in [0.2, 0.25) is 0 Å². The first-order valence-corrected chi connectivity index (χ1v) is 16.0. The SMILES string of the molecule is Cc1cc(C)cc(C(=O)N2CCC(N3CCC(=C4c5ccccc5CCn5ccnc54)CC3)CC2Cc2ccccc2)c1. The molecule has 4 heterocycles. The van der Waals surface area contributed by atoms with Crippen molar-refractivity contribution in [3.05, 3.63) is 130 Å². The van der Waals surface area contributed by atoms with E-state index in [1.165, 1.54) is 22.3 Å². The van der Waals surface area contributed by atoms with Crippen molar-refractivity contribution in [3.63, 3.8) is 0 Å². The van der Waals surface area contributed by atoms with Gasteiger partial charge in [-0.1, -0.05) is 77.4 Å². The number of imidazole rings is 1. The summed E-state index contributed by atoms with van der Waals surface area (Å²) >= 11 is 0. The van der Waals surface area contributed by atoms with E-state index in [1.54, 1.807) is 5.57 Å². The molecule has 0 spiro atoms. The zero-order chi connectivity index (χ0) is 29.3. The summed E-state index contributed by atoms with van der Waals surface area (Å²) in [6, 6.07) is 26.6. The summed E-state index contributed by atoms with van der Waals surface area (Å²) < 4.78 is 2.34. The Morgan fingerprint density at radius 1 is 0.860 bits per heavy atom. The van der Waals surface area contributed by atoms with Crippen LogP contribution in [0.1, 0.15) is 69.7 Å². The monoisotopic (exact) mass is 570 g/mol. The number of benzene rings is 3. The lowest BCUT2D eigenvalue weighted by Crippen LogP contribution is -2.53. The van der Waals surface area contributed by atoms with Crippen LogP contribution in [0.2, 0.25) is 0 Å². The second-order valence-corrected chi connectivity index (χ2v) is 12.8. The van der Waals surface area contributed by atoms with E-state index < -0.39 is 0 Å². The second kappa shape index (κ2) is 12.0. The minimum Gasteiger partial charge on any atom is -0.335 e. The van der Waals surface area contributed by atoms with Gasteiger partial charge in [0.05, 0.1) is 0 Å². The quantitative estimate of drug-likeness (QED) is 0.269. The van der Waals surface area contributed by atoms with E-state index in [0.717, 1.165) is 87.2 Å². The van der Waals surface area contributed by atoms with E-state index in [9.17, 15) is 4.79 Å². The van der Waals surface area contributed by atoms with Gasteiger partial charge < -0.3 is 9.47 Å². The predicted octanol–water partition coefficient (Wildman–Crippen LogP) is 6.87. The Hall–Kier alpha value is -3.96. The zero-order valence-electron chi connectivity index (χ0n) is 25.5.